The SMILES string of the molecule is CCn1c(C2CCN(C(=O)c3ccc(Cn4ccnc4)cc3)CC2)nn(CCOC)c1=O. The van der Waals surface area contributed by atoms with Gasteiger partial charge in [0.25, 0.3) is 5.91 Å². The number of benzene rings is 1. The second kappa shape index (κ2) is 9.95. The van der Waals surface area contributed by atoms with E-state index in [1.165, 1.54) is 4.68 Å². The van der Waals surface area contributed by atoms with E-state index in [4.69, 9.17) is 4.74 Å². The molecule has 0 saturated carbocycles. The normalized spacial score (nSPS) is 14.8. The second-order valence-corrected chi connectivity index (χ2v) is 8.10. The van der Waals surface area contributed by atoms with E-state index in [2.05, 4.69) is 10.1 Å². The summed E-state index contributed by atoms with van der Waals surface area (Å²) in [5.74, 6) is 1.05. The summed E-state index contributed by atoms with van der Waals surface area (Å²) in [6, 6.07) is 7.78. The topological polar surface area (TPSA) is 87.2 Å². The second-order valence-electron chi connectivity index (χ2n) is 8.10. The zero-order chi connectivity index (χ0) is 22.5. The van der Waals surface area contributed by atoms with Crippen LogP contribution in [0.2, 0.25) is 0 Å². The number of amides is 1. The molecule has 0 atom stereocenters. The summed E-state index contributed by atoms with van der Waals surface area (Å²) in [6.45, 7) is 5.49. The number of carbonyl (C=O) groups is 1. The van der Waals surface area contributed by atoms with E-state index in [-0.39, 0.29) is 17.5 Å². The molecule has 2 aromatic heterocycles. The highest BCUT2D eigenvalue weighted by molar-refractivity contribution is 5.94. The van der Waals surface area contributed by atoms with Crippen molar-refractivity contribution in [3.8, 4) is 0 Å². The quantitative estimate of drug-likeness (QED) is 0.537. The molecule has 0 spiro atoms. The van der Waals surface area contributed by atoms with Gasteiger partial charge in [0, 0.05) is 57.2 Å². The van der Waals surface area contributed by atoms with Crippen molar-refractivity contribution in [1.29, 1.82) is 0 Å². The van der Waals surface area contributed by atoms with E-state index < -0.39 is 0 Å². The Bertz CT molecular complexity index is 1080. The van der Waals surface area contributed by atoms with Crippen LogP contribution in [0.3, 0.4) is 0 Å². The van der Waals surface area contributed by atoms with Crippen molar-refractivity contribution < 1.29 is 9.53 Å². The lowest BCUT2D eigenvalue weighted by molar-refractivity contribution is 0.0710. The molecule has 1 saturated heterocycles. The van der Waals surface area contributed by atoms with Gasteiger partial charge in [-0.15, -0.1) is 0 Å². The van der Waals surface area contributed by atoms with Crippen LogP contribution in [0, 0.1) is 0 Å². The third-order valence-corrected chi connectivity index (χ3v) is 6.05. The summed E-state index contributed by atoms with van der Waals surface area (Å²) < 4.78 is 10.3. The maximum absolute atomic E-state index is 13.0. The Morgan fingerprint density at radius 3 is 2.56 bits per heavy atom. The molecule has 1 aliphatic rings. The van der Waals surface area contributed by atoms with E-state index in [0.717, 1.165) is 30.8 Å². The lowest BCUT2D eigenvalue weighted by Gasteiger charge is -2.31. The van der Waals surface area contributed by atoms with Crippen LogP contribution in [0.1, 0.15) is 47.4 Å². The van der Waals surface area contributed by atoms with Gasteiger partial charge in [0.05, 0.1) is 19.5 Å². The first-order valence-corrected chi connectivity index (χ1v) is 11.1. The van der Waals surface area contributed by atoms with Gasteiger partial charge < -0.3 is 14.2 Å². The summed E-state index contributed by atoms with van der Waals surface area (Å²) in [5.41, 5.74) is 1.74. The van der Waals surface area contributed by atoms with Crippen LogP contribution in [0.5, 0.6) is 0 Å². The third kappa shape index (κ3) is 4.67. The van der Waals surface area contributed by atoms with Crippen molar-refractivity contribution in [2.75, 3.05) is 26.8 Å². The first-order chi connectivity index (χ1) is 15.6. The van der Waals surface area contributed by atoms with Gasteiger partial charge in [0.2, 0.25) is 0 Å². The van der Waals surface area contributed by atoms with Crippen LogP contribution in [-0.2, 0) is 24.4 Å². The minimum absolute atomic E-state index is 0.0520. The average Bonchev–Trinajstić information content (AvgIpc) is 3.45. The Balaban J connectivity index is 1.38. The molecular weight excluding hydrogens is 408 g/mol. The smallest absolute Gasteiger partial charge is 0.345 e. The summed E-state index contributed by atoms with van der Waals surface area (Å²) in [5, 5.41) is 4.59. The number of carbonyl (C=O) groups excluding carboxylic acids is 1. The van der Waals surface area contributed by atoms with Gasteiger partial charge >= 0.3 is 5.69 Å². The molecule has 4 rings (SSSR count). The molecule has 0 aliphatic carbocycles. The maximum Gasteiger partial charge on any atom is 0.345 e. The van der Waals surface area contributed by atoms with Gasteiger partial charge in [0.15, 0.2) is 0 Å². The predicted molar refractivity (Wildman–Crippen MR) is 120 cm³/mol. The summed E-state index contributed by atoms with van der Waals surface area (Å²) in [7, 11) is 1.61. The lowest BCUT2D eigenvalue weighted by Crippen LogP contribution is -2.38. The third-order valence-electron chi connectivity index (χ3n) is 6.05. The maximum atomic E-state index is 13.0. The fraction of sp³-hybridized carbons (Fsp3) is 0.478. The van der Waals surface area contributed by atoms with Gasteiger partial charge in [-0.3, -0.25) is 9.36 Å². The largest absolute Gasteiger partial charge is 0.383 e. The van der Waals surface area contributed by atoms with Crippen LogP contribution in [0.25, 0.3) is 0 Å². The Labute approximate surface area is 187 Å². The van der Waals surface area contributed by atoms with Crippen molar-refractivity contribution in [2.45, 2.75) is 45.3 Å². The number of ether oxygens (including phenoxy) is 1. The highest BCUT2D eigenvalue weighted by Gasteiger charge is 2.28. The number of rotatable bonds is 8. The van der Waals surface area contributed by atoms with E-state index in [1.54, 1.807) is 24.2 Å². The summed E-state index contributed by atoms with van der Waals surface area (Å²) in [6.07, 6.45) is 7.05. The zero-order valence-corrected chi connectivity index (χ0v) is 18.7. The van der Waals surface area contributed by atoms with Crippen molar-refractivity contribution in [3.63, 3.8) is 0 Å². The van der Waals surface area contributed by atoms with Gasteiger partial charge in [-0.1, -0.05) is 12.1 Å². The average molecular weight is 439 g/mol. The first-order valence-electron chi connectivity index (χ1n) is 11.1. The van der Waals surface area contributed by atoms with Crippen LogP contribution < -0.4 is 5.69 Å². The highest BCUT2D eigenvalue weighted by atomic mass is 16.5. The number of methoxy groups -OCH3 is 1. The molecule has 1 aromatic carbocycles. The van der Waals surface area contributed by atoms with Crippen LogP contribution in [0.4, 0.5) is 0 Å². The number of imidazole rings is 1. The number of piperidine rings is 1. The Morgan fingerprint density at radius 1 is 1.19 bits per heavy atom. The van der Waals surface area contributed by atoms with E-state index in [1.807, 2.05) is 46.9 Å². The molecule has 0 N–H and O–H groups in total. The fourth-order valence-corrected chi connectivity index (χ4v) is 4.25. The number of aromatic nitrogens is 5. The minimum Gasteiger partial charge on any atom is -0.383 e. The highest BCUT2D eigenvalue weighted by Crippen LogP contribution is 2.27. The first kappa shape index (κ1) is 22.0. The zero-order valence-electron chi connectivity index (χ0n) is 18.7. The van der Waals surface area contributed by atoms with Crippen molar-refractivity contribution >= 4 is 5.91 Å². The van der Waals surface area contributed by atoms with E-state index in [9.17, 15) is 9.59 Å². The number of hydrogen-bond acceptors (Lipinski definition) is 5. The van der Waals surface area contributed by atoms with Gasteiger partial charge in [-0.25, -0.2) is 14.5 Å². The lowest BCUT2D eigenvalue weighted by atomic mass is 9.95. The van der Waals surface area contributed by atoms with Crippen LogP contribution in [0.15, 0.2) is 47.8 Å². The van der Waals surface area contributed by atoms with Gasteiger partial charge in [-0.05, 0) is 37.5 Å². The standard InChI is InChI=1S/C23H30N6O3/c1-3-28-21(25-29(23(28)31)14-15-32-2)19-8-11-27(12-9-19)22(30)20-6-4-18(5-7-20)16-26-13-10-24-17-26/h4-7,10,13,17,19H,3,8-9,11-12,14-16H2,1-2H3. The minimum atomic E-state index is -0.0890. The fourth-order valence-electron chi connectivity index (χ4n) is 4.25. The molecule has 0 bridgehead atoms. The predicted octanol–water partition coefficient (Wildman–Crippen LogP) is 1.98. The summed E-state index contributed by atoms with van der Waals surface area (Å²) in [4.78, 5) is 31.5. The molecular formula is C23H30N6O3. The molecule has 3 aromatic rings. The molecule has 170 valence electrons. The van der Waals surface area contributed by atoms with Crippen molar-refractivity contribution in [2.24, 2.45) is 0 Å². The van der Waals surface area contributed by atoms with Gasteiger partial charge in [-0.2, -0.15) is 5.10 Å². The van der Waals surface area contributed by atoms with Crippen molar-refractivity contribution in [3.05, 3.63) is 70.4 Å². The summed E-state index contributed by atoms with van der Waals surface area (Å²) >= 11 is 0. The Hall–Kier alpha value is -3.20. The molecule has 9 nitrogen and oxygen atoms in total. The molecule has 0 radical (unpaired) electrons. The molecule has 1 aliphatic heterocycles. The Morgan fingerprint density at radius 2 is 1.94 bits per heavy atom. The molecule has 0 unspecified atom stereocenters. The number of hydrogen-bond donors (Lipinski definition) is 0. The molecule has 32 heavy (non-hydrogen) atoms. The van der Waals surface area contributed by atoms with E-state index >= 15 is 0 Å². The molecule has 9 heteroatoms. The Kier molecular flexibility index (Phi) is 6.84. The van der Waals surface area contributed by atoms with Crippen molar-refractivity contribution in [1.82, 2.24) is 28.8 Å². The molecule has 1 amide bonds. The van der Waals surface area contributed by atoms with Crippen LogP contribution in [-0.4, -0.2) is 61.5 Å². The molecule has 1 fully saturated rings. The van der Waals surface area contributed by atoms with E-state index in [0.29, 0.717) is 38.3 Å². The number of likely N-dealkylation sites (tertiary alicyclic amines) is 1. The molecule has 3 heterocycles. The van der Waals surface area contributed by atoms with Gasteiger partial charge in [0.1, 0.15) is 5.82 Å². The number of nitrogens with zero attached hydrogens (tertiary/aromatic N) is 6. The van der Waals surface area contributed by atoms with Crippen LogP contribution >= 0.6 is 0 Å². The monoisotopic (exact) mass is 438 g/mol.